The summed E-state index contributed by atoms with van der Waals surface area (Å²) >= 11 is 12.3. The minimum atomic E-state index is -0.135. The van der Waals surface area contributed by atoms with Crippen molar-refractivity contribution in [2.75, 3.05) is 39.8 Å². The van der Waals surface area contributed by atoms with E-state index in [1.165, 1.54) is 7.11 Å². The fourth-order valence-corrected chi connectivity index (χ4v) is 3.87. The Kier molecular flexibility index (Phi) is 7.36. The van der Waals surface area contributed by atoms with Crippen molar-refractivity contribution in [1.29, 1.82) is 0 Å². The molecule has 2 amide bonds. The van der Waals surface area contributed by atoms with Crippen molar-refractivity contribution in [3.05, 3.63) is 63.6 Å². The van der Waals surface area contributed by atoms with Gasteiger partial charge in [0.1, 0.15) is 0 Å². The van der Waals surface area contributed by atoms with Gasteiger partial charge in [-0.3, -0.25) is 14.5 Å². The number of nitrogens with zero attached hydrogens (tertiary/aromatic N) is 2. The molecule has 0 unspecified atom stereocenters. The Labute approximate surface area is 180 Å². The number of carbonyl (C=O) groups is 2. The number of hydrogen-bond acceptors (Lipinski definition) is 4. The van der Waals surface area contributed by atoms with Gasteiger partial charge in [-0.2, -0.15) is 0 Å². The average Bonchev–Trinajstić information content (AvgIpc) is 2.73. The van der Waals surface area contributed by atoms with Crippen LogP contribution in [0.5, 0.6) is 5.75 Å². The van der Waals surface area contributed by atoms with Crippen LogP contribution in [0.1, 0.15) is 15.9 Å². The van der Waals surface area contributed by atoms with E-state index in [9.17, 15) is 9.59 Å². The predicted octanol–water partition coefficient (Wildman–Crippen LogP) is 3.08. The molecule has 1 fully saturated rings. The first-order valence-electron chi connectivity index (χ1n) is 9.33. The number of carbonyl (C=O) groups excluding carboxylic acids is 2. The maximum Gasteiger partial charge on any atom is 0.254 e. The van der Waals surface area contributed by atoms with E-state index in [0.717, 1.165) is 5.56 Å². The number of hydrogen-bond donors (Lipinski definition) is 1. The molecule has 1 aliphatic rings. The zero-order valence-corrected chi connectivity index (χ0v) is 17.7. The van der Waals surface area contributed by atoms with Crippen LogP contribution in [0.2, 0.25) is 10.0 Å². The third kappa shape index (κ3) is 5.63. The topological polar surface area (TPSA) is 61.9 Å². The van der Waals surface area contributed by atoms with Gasteiger partial charge >= 0.3 is 0 Å². The summed E-state index contributed by atoms with van der Waals surface area (Å²) in [5.74, 6) is 0.197. The van der Waals surface area contributed by atoms with Gasteiger partial charge in [0.05, 0.1) is 23.7 Å². The molecular weight excluding hydrogens is 413 g/mol. The van der Waals surface area contributed by atoms with E-state index in [0.29, 0.717) is 60.6 Å². The molecule has 2 aromatic carbocycles. The lowest BCUT2D eigenvalue weighted by molar-refractivity contribution is -0.122. The van der Waals surface area contributed by atoms with Crippen molar-refractivity contribution in [2.45, 2.75) is 6.54 Å². The van der Waals surface area contributed by atoms with Gasteiger partial charge in [0.2, 0.25) is 5.91 Å². The number of benzene rings is 2. The summed E-state index contributed by atoms with van der Waals surface area (Å²) in [7, 11) is 1.48. The van der Waals surface area contributed by atoms with Crippen LogP contribution in [0, 0.1) is 0 Å². The van der Waals surface area contributed by atoms with Crippen LogP contribution in [-0.4, -0.2) is 61.4 Å². The van der Waals surface area contributed by atoms with Crippen LogP contribution in [0.4, 0.5) is 0 Å². The number of piperazine rings is 1. The normalized spacial score (nSPS) is 14.5. The van der Waals surface area contributed by atoms with Crippen molar-refractivity contribution < 1.29 is 14.3 Å². The number of methoxy groups -OCH3 is 1. The van der Waals surface area contributed by atoms with E-state index in [4.69, 9.17) is 27.9 Å². The lowest BCUT2D eigenvalue weighted by Crippen LogP contribution is -2.51. The second-order valence-electron chi connectivity index (χ2n) is 6.80. The summed E-state index contributed by atoms with van der Waals surface area (Å²) in [5.41, 5.74) is 1.49. The van der Waals surface area contributed by atoms with Crippen LogP contribution in [-0.2, 0) is 11.3 Å². The van der Waals surface area contributed by atoms with E-state index in [2.05, 4.69) is 5.32 Å². The first-order valence-corrected chi connectivity index (χ1v) is 10.1. The first-order chi connectivity index (χ1) is 14.0. The highest BCUT2D eigenvalue weighted by atomic mass is 35.5. The molecule has 2 aromatic rings. The molecule has 154 valence electrons. The summed E-state index contributed by atoms with van der Waals surface area (Å²) < 4.78 is 5.12. The highest BCUT2D eigenvalue weighted by molar-refractivity contribution is 6.37. The molecule has 0 radical (unpaired) electrons. The van der Waals surface area contributed by atoms with E-state index < -0.39 is 0 Å². The largest absolute Gasteiger partial charge is 0.494 e. The molecule has 8 heteroatoms. The Bertz CT molecular complexity index is 846. The third-order valence-electron chi connectivity index (χ3n) is 4.81. The number of ether oxygens (including phenoxy) is 1. The molecule has 6 nitrogen and oxygen atoms in total. The fourth-order valence-electron chi connectivity index (χ4n) is 3.23. The predicted molar refractivity (Wildman–Crippen MR) is 114 cm³/mol. The maximum absolute atomic E-state index is 12.8. The van der Waals surface area contributed by atoms with Crippen molar-refractivity contribution in [1.82, 2.24) is 15.1 Å². The minimum Gasteiger partial charge on any atom is -0.494 e. The maximum atomic E-state index is 12.8. The molecule has 0 aliphatic carbocycles. The number of halogens is 2. The van der Waals surface area contributed by atoms with Gasteiger partial charge in [0.15, 0.2) is 5.75 Å². The fraction of sp³-hybridized carbons (Fsp3) is 0.333. The molecule has 0 bridgehead atoms. The van der Waals surface area contributed by atoms with Crippen LogP contribution in [0.3, 0.4) is 0 Å². The van der Waals surface area contributed by atoms with E-state index in [1.54, 1.807) is 17.0 Å². The Hall–Kier alpha value is -2.28. The molecule has 3 rings (SSSR count). The van der Waals surface area contributed by atoms with Gasteiger partial charge in [-0.15, -0.1) is 0 Å². The molecule has 0 atom stereocenters. The smallest absolute Gasteiger partial charge is 0.254 e. The second-order valence-corrected chi connectivity index (χ2v) is 7.62. The monoisotopic (exact) mass is 435 g/mol. The Morgan fingerprint density at radius 1 is 1.03 bits per heavy atom. The average molecular weight is 436 g/mol. The minimum absolute atomic E-state index is 0.0256. The molecule has 0 spiro atoms. The van der Waals surface area contributed by atoms with Gasteiger partial charge in [-0.1, -0.05) is 53.5 Å². The molecule has 1 heterocycles. The van der Waals surface area contributed by atoms with E-state index >= 15 is 0 Å². The van der Waals surface area contributed by atoms with Crippen LogP contribution in [0.25, 0.3) is 0 Å². The van der Waals surface area contributed by atoms with Gasteiger partial charge in [0.25, 0.3) is 5.91 Å². The summed E-state index contributed by atoms with van der Waals surface area (Å²) in [6, 6.07) is 12.9. The number of nitrogens with one attached hydrogen (secondary N) is 1. The van der Waals surface area contributed by atoms with Gasteiger partial charge in [-0.05, 0) is 17.7 Å². The van der Waals surface area contributed by atoms with Gasteiger partial charge in [-0.25, -0.2) is 0 Å². The molecule has 1 saturated heterocycles. The van der Waals surface area contributed by atoms with Crippen LogP contribution in [0.15, 0.2) is 42.5 Å². The molecule has 1 N–H and O–H groups in total. The van der Waals surface area contributed by atoms with Crippen LogP contribution < -0.4 is 10.1 Å². The zero-order valence-electron chi connectivity index (χ0n) is 16.2. The van der Waals surface area contributed by atoms with E-state index in [-0.39, 0.29) is 11.8 Å². The van der Waals surface area contributed by atoms with Crippen LogP contribution >= 0.6 is 23.2 Å². The lowest BCUT2D eigenvalue weighted by Gasteiger charge is -2.34. The highest BCUT2D eigenvalue weighted by Gasteiger charge is 2.24. The zero-order chi connectivity index (χ0) is 20.8. The number of rotatable bonds is 6. The molecule has 0 aromatic heterocycles. The molecule has 0 saturated carbocycles. The Morgan fingerprint density at radius 3 is 2.24 bits per heavy atom. The van der Waals surface area contributed by atoms with Crippen molar-refractivity contribution in [2.24, 2.45) is 0 Å². The first kappa shape index (κ1) is 21.4. The van der Waals surface area contributed by atoms with Crippen molar-refractivity contribution >= 4 is 35.0 Å². The summed E-state index contributed by atoms with van der Waals surface area (Å²) in [6.07, 6.45) is 0. The third-order valence-corrected chi connectivity index (χ3v) is 5.37. The number of amides is 2. The molecule has 29 heavy (non-hydrogen) atoms. The SMILES string of the molecule is COc1c(Cl)cc(C(=O)N2CCN(CC(=O)NCc3ccccc3)CC2)cc1Cl. The Balaban J connectivity index is 1.48. The second kappa shape index (κ2) is 9.96. The van der Waals surface area contributed by atoms with Gasteiger partial charge < -0.3 is 15.0 Å². The quantitative estimate of drug-likeness (QED) is 0.756. The molecule has 1 aliphatic heterocycles. The van der Waals surface area contributed by atoms with E-state index in [1.807, 2.05) is 35.2 Å². The Morgan fingerprint density at radius 2 is 1.66 bits per heavy atom. The van der Waals surface area contributed by atoms with Crippen molar-refractivity contribution in [3.8, 4) is 5.75 Å². The summed E-state index contributed by atoms with van der Waals surface area (Å²) in [4.78, 5) is 28.7. The van der Waals surface area contributed by atoms with Gasteiger partial charge in [0, 0.05) is 38.3 Å². The van der Waals surface area contributed by atoms with Crippen molar-refractivity contribution in [3.63, 3.8) is 0 Å². The summed E-state index contributed by atoms with van der Waals surface area (Å²) in [6.45, 7) is 3.15. The summed E-state index contributed by atoms with van der Waals surface area (Å²) in [5, 5.41) is 3.53. The standard InChI is InChI=1S/C21H23Cl2N3O3/c1-29-20-17(22)11-16(12-18(20)23)21(28)26-9-7-25(8-10-26)14-19(27)24-13-15-5-3-2-4-6-15/h2-6,11-12H,7-10,13-14H2,1H3,(H,24,27). The molecular formula is C21H23Cl2N3O3. The highest BCUT2D eigenvalue weighted by Crippen LogP contribution is 2.34. The lowest BCUT2D eigenvalue weighted by atomic mass is 10.1.